The molecule has 1 N–H and O–H groups in total. The summed E-state index contributed by atoms with van der Waals surface area (Å²) in [6.07, 6.45) is -0.508. The minimum atomic E-state index is -0.508. The predicted molar refractivity (Wildman–Crippen MR) is 91.4 cm³/mol. The van der Waals surface area contributed by atoms with Crippen LogP contribution in [0.15, 0.2) is 42.5 Å². The second-order valence-electron chi connectivity index (χ2n) is 4.65. The average Bonchev–Trinajstić information content (AvgIpc) is 2.96. The predicted octanol–water partition coefficient (Wildman–Crippen LogP) is 4.71. The van der Waals surface area contributed by atoms with Crippen LogP contribution >= 0.6 is 22.9 Å². The average molecular weight is 349 g/mol. The van der Waals surface area contributed by atoms with Crippen LogP contribution in [0.5, 0.6) is 5.75 Å². The fourth-order valence-electron chi connectivity index (χ4n) is 1.96. The van der Waals surface area contributed by atoms with Gasteiger partial charge in [0.25, 0.3) is 0 Å². The largest absolute Gasteiger partial charge is 0.486 e. The number of nitrogens with one attached hydrogen (secondary N) is 1. The lowest BCUT2D eigenvalue weighted by molar-refractivity contribution is 0.187. The summed E-state index contributed by atoms with van der Waals surface area (Å²) < 4.78 is 11.3. The molecule has 0 saturated heterocycles. The molecular weight excluding hydrogens is 336 g/mol. The molecular formula is C16H13ClN2O3S. The van der Waals surface area contributed by atoms with Crippen molar-refractivity contribution in [2.45, 2.75) is 6.61 Å². The second-order valence-corrected chi connectivity index (χ2v) is 6.20. The number of aromatic nitrogens is 1. The SMILES string of the molecule is COC(=O)Nc1ccc(OCc2nc3cc(Cl)ccc3s2)cc1. The molecule has 0 unspecified atom stereocenters. The normalized spacial score (nSPS) is 10.5. The van der Waals surface area contributed by atoms with Crippen LogP contribution in [0, 0.1) is 0 Å². The molecule has 118 valence electrons. The summed E-state index contributed by atoms with van der Waals surface area (Å²) in [7, 11) is 1.32. The summed E-state index contributed by atoms with van der Waals surface area (Å²) in [5.41, 5.74) is 1.51. The molecule has 1 aromatic heterocycles. The molecule has 0 aliphatic carbocycles. The molecule has 5 nitrogen and oxygen atoms in total. The molecule has 0 radical (unpaired) electrons. The summed E-state index contributed by atoms with van der Waals surface area (Å²) in [5, 5.41) is 4.12. The molecule has 0 spiro atoms. The van der Waals surface area contributed by atoms with Gasteiger partial charge in [0.2, 0.25) is 0 Å². The maximum absolute atomic E-state index is 11.1. The first-order valence-corrected chi connectivity index (χ1v) is 7.96. The summed E-state index contributed by atoms with van der Waals surface area (Å²) >= 11 is 7.53. The molecule has 3 aromatic rings. The fraction of sp³-hybridized carbons (Fsp3) is 0.125. The highest BCUT2D eigenvalue weighted by Gasteiger charge is 2.06. The minimum absolute atomic E-state index is 0.376. The number of anilines is 1. The molecule has 3 rings (SSSR count). The third-order valence-corrected chi connectivity index (χ3v) is 4.29. The number of nitrogens with zero attached hydrogens (tertiary/aromatic N) is 1. The topological polar surface area (TPSA) is 60.5 Å². The van der Waals surface area contributed by atoms with Crippen molar-refractivity contribution in [3.63, 3.8) is 0 Å². The third kappa shape index (κ3) is 3.91. The van der Waals surface area contributed by atoms with Crippen molar-refractivity contribution in [1.82, 2.24) is 4.98 Å². The maximum atomic E-state index is 11.1. The lowest BCUT2D eigenvalue weighted by atomic mass is 10.3. The molecule has 23 heavy (non-hydrogen) atoms. The van der Waals surface area contributed by atoms with Crippen molar-refractivity contribution in [3.8, 4) is 5.75 Å². The van der Waals surface area contributed by atoms with Gasteiger partial charge in [-0.15, -0.1) is 11.3 Å². The van der Waals surface area contributed by atoms with Crippen molar-refractivity contribution >= 4 is 44.9 Å². The van der Waals surface area contributed by atoms with Gasteiger partial charge in [0.05, 0.1) is 17.3 Å². The van der Waals surface area contributed by atoms with Crippen LogP contribution in [0.1, 0.15) is 5.01 Å². The van der Waals surface area contributed by atoms with Crippen molar-refractivity contribution < 1.29 is 14.3 Å². The maximum Gasteiger partial charge on any atom is 0.411 e. The molecule has 0 aliphatic rings. The Kier molecular flexibility index (Phi) is 4.64. The summed E-state index contributed by atoms with van der Waals surface area (Å²) in [4.78, 5) is 15.6. The van der Waals surface area contributed by atoms with E-state index in [-0.39, 0.29) is 0 Å². The Hall–Kier alpha value is -2.31. The molecule has 0 aliphatic heterocycles. The fourth-order valence-corrected chi connectivity index (χ4v) is 2.99. The monoisotopic (exact) mass is 348 g/mol. The lowest BCUT2D eigenvalue weighted by Crippen LogP contribution is -2.10. The van der Waals surface area contributed by atoms with Crippen molar-refractivity contribution in [3.05, 3.63) is 52.5 Å². The van der Waals surface area contributed by atoms with Crippen LogP contribution < -0.4 is 10.1 Å². The zero-order valence-corrected chi connectivity index (χ0v) is 13.8. The van der Waals surface area contributed by atoms with Crippen molar-refractivity contribution in [1.29, 1.82) is 0 Å². The molecule has 2 aromatic carbocycles. The first kappa shape index (κ1) is 15.6. The zero-order valence-electron chi connectivity index (χ0n) is 12.2. The van der Waals surface area contributed by atoms with Gasteiger partial charge in [-0.25, -0.2) is 9.78 Å². The molecule has 0 bridgehead atoms. The number of carbonyl (C=O) groups excluding carboxylic acids is 1. The van der Waals surface area contributed by atoms with Crippen LogP contribution in [0.25, 0.3) is 10.2 Å². The summed E-state index contributed by atoms with van der Waals surface area (Å²) in [6.45, 7) is 0.376. The Morgan fingerprint density at radius 3 is 2.78 bits per heavy atom. The molecule has 1 heterocycles. The summed E-state index contributed by atoms with van der Waals surface area (Å²) in [6, 6.07) is 12.7. The van der Waals surface area contributed by atoms with Crippen LogP contribution in [0.2, 0.25) is 5.02 Å². The number of amides is 1. The van der Waals surface area contributed by atoms with Gasteiger partial charge >= 0.3 is 6.09 Å². The highest BCUT2D eigenvalue weighted by Crippen LogP contribution is 2.26. The first-order chi connectivity index (χ1) is 11.1. The van der Waals surface area contributed by atoms with Gasteiger partial charge in [0, 0.05) is 10.7 Å². The molecule has 0 fully saturated rings. The quantitative estimate of drug-likeness (QED) is 0.742. The van der Waals surface area contributed by atoms with Crippen LogP contribution in [0.3, 0.4) is 0 Å². The van der Waals surface area contributed by atoms with E-state index >= 15 is 0 Å². The van der Waals surface area contributed by atoms with E-state index in [1.54, 1.807) is 35.6 Å². The van der Waals surface area contributed by atoms with Crippen LogP contribution in [-0.2, 0) is 11.3 Å². The van der Waals surface area contributed by atoms with Gasteiger partial charge in [-0.3, -0.25) is 5.32 Å². The Morgan fingerprint density at radius 1 is 1.26 bits per heavy atom. The number of carbonyl (C=O) groups is 1. The lowest BCUT2D eigenvalue weighted by Gasteiger charge is -2.06. The van der Waals surface area contributed by atoms with Gasteiger partial charge in [-0.2, -0.15) is 0 Å². The smallest absolute Gasteiger partial charge is 0.411 e. The Balaban J connectivity index is 1.63. The first-order valence-electron chi connectivity index (χ1n) is 6.77. The number of hydrogen-bond donors (Lipinski definition) is 1. The second kappa shape index (κ2) is 6.85. The number of fused-ring (bicyclic) bond motifs is 1. The van der Waals surface area contributed by atoms with Gasteiger partial charge in [0.15, 0.2) is 0 Å². The Labute approximate surface area is 141 Å². The number of halogens is 1. The van der Waals surface area contributed by atoms with Crippen molar-refractivity contribution in [2.75, 3.05) is 12.4 Å². The molecule has 0 atom stereocenters. The third-order valence-electron chi connectivity index (χ3n) is 3.04. The van der Waals surface area contributed by atoms with Gasteiger partial charge in [-0.05, 0) is 42.5 Å². The molecule has 7 heteroatoms. The van der Waals surface area contributed by atoms with E-state index in [9.17, 15) is 4.79 Å². The highest BCUT2D eigenvalue weighted by atomic mass is 35.5. The van der Waals surface area contributed by atoms with Gasteiger partial charge in [-0.1, -0.05) is 11.6 Å². The van der Waals surface area contributed by atoms with E-state index in [0.29, 0.717) is 23.1 Å². The van der Waals surface area contributed by atoms with Gasteiger partial charge < -0.3 is 9.47 Å². The van der Waals surface area contributed by atoms with E-state index in [4.69, 9.17) is 16.3 Å². The zero-order chi connectivity index (χ0) is 16.2. The van der Waals surface area contributed by atoms with E-state index in [1.807, 2.05) is 18.2 Å². The van der Waals surface area contributed by atoms with E-state index < -0.39 is 6.09 Å². The number of rotatable bonds is 4. The number of ether oxygens (including phenoxy) is 2. The number of hydrogen-bond acceptors (Lipinski definition) is 5. The molecule has 0 saturated carbocycles. The molecule has 1 amide bonds. The highest BCUT2D eigenvalue weighted by molar-refractivity contribution is 7.18. The van der Waals surface area contributed by atoms with E-state index in [0.717, 1.165) is 15.2 Å². The van der Waals surface area contributed by atoms with Gasteiger partial charge in [0.1, 0.15) is 17.4 Å². The number of thiazole rings is 1. The number of methoxy groups -OCH3 is 1. The number of benzene rings is 2. The van der Waals surface area contributed by atoms with E-state index in [1.165, 1.54) is 7.11 Å². The Morgan fingerprint density at radius 2 is 2.04 bits per heavy atom. The van der Waals surface area contributed by atoms with E-state index in [2.05, 4.69) is 15.0 Å². The van der Waals surface area contributed by atoms with Crippen LogP contribution in [0.4, 0.5) is 10.5 Å². The van der Waals surface area contributed by atoms with Crippen LogP contribution in [-0.4, -0.2) is 18.2 Å². The summed E-state index contributed by atoms with van der Waals surface area (Å²) in [5.74, 6) is 0.692. The van der Waals surface area contributed by atoms with Crippen molar-refractivity contribution in [2.24, 2.45) is 0 Å². The standard InChI is InChI=1S/C16H13ClN2O3S/c1-21-16(20)18-11-3-5-12(6-4-11)22-9-15-19-13-8-10(17)2-7-14(13)23-15/h2-8H,9H2,1H3,(H,18,20). The minimum Gasteiger partial charge on any atom is -0.486 e. The Bertz CT molecular complexity index is 833.